The van der Waals surface area contributed by atoms with E-state index >= 15 is 0 Å². The van der Waals surface area contributed by atoms with Crippen LogP contribution < -0.4 is 5.73 Å². The zero-order valence-corrected chi connectivity index (χ0v) is 9.20. The van der Waals surface area contributed by atoms with E-state index in [-0.39, 0.29) is 6.04 Å². The van der Waals surface area contributed by atoms with Crippen molar-refractivity contribution >= 4 is 27.3 Å². The topological polar surface area (TPSA) is 26.0 Å². The molecule has 0 aliphatic carbocycles. The molecule has 1 atom stereocenters. The Labute approximate surface area is 85.4 Å². The summed E-state index contributed by atoms with van der Waals surface area (Å²) >= 11 is 5.12. The van der Waals surface area contributed by atoms with Gasteiger partial charge in [-0.25, -0.2) is 0 Å². The zero-order valence-electron chi connectivity index (χ0n) is 6.79. The van der Waals surface area contributed by atoms with E-state index in [4.69, 9.17) is 5.73 Å². The highest BCUT2D eigenvalue weighted by Crippen LogP contribution is 2.28. The van der Waals surface area contributed by atoms with Crippen LogP contribution in [0.2, 0.25) is 0 Å². The Hall–Kier alpha value is -0.120. The van der Waals surface area contributed by atoms with Gasteiger partial charge in [0.1, 0.15) is 0 Å². The lowest BCUT2D eigenvalue weighted by Gasteiger charge is -2.06. The zero-order chi connectivity index (χ0) is 8.97. The van der Waals surface area contributed by atoms with Crippen molar-refractivity contribution < 1.29 is 0 Å². The van der Waals surface area contributed by atoms with Gasteiger partial charge in [-0.3, -0.25) is 0 Å². The smallest absolute Gasteiger partial charge is 0.0701 e. The molecule has 0 amide bonds. The number of nitrogens with two attached hydrogens (primary N) is 1. The molecule has 0 fully saturated rings. The van der Waals surface area contributed by atoms with E-state index < -0.39 is 0 Å². The van der Waals surface area contributed by atoms with Crippen LogP contribution in [-0.4, -0.2) is 0 Å². The highest BCUT2D eigenvalue weighted by Gasteiger charge is 2.06. The molecular weight excluding hydrogens is 234 g/mol. The first-order valence-electron chi connectivity index (χ1n) is 3.85. The number of hydrogen-bond donors (Lipinski definition) is 1. The molecule has 0 saturated carbocycles. The number of allylic oxidation sites excluding steroid dienone is 1. The third-order valence-electron chi connectivity index (χ3n) is 1.64. The number of hydrogen-bond acceptors (Lipinski definition) is 2. The molecule has 1 aromatic rings. The highest BCUT2D eigenvalue weighted by atomic mass is 79.9. The van der Waals surface area contributed by atoms with Gasteiger partial charge in [-0.05, 0) is 40.9 Å². The predicted octanol–water partition coefficient (Wildman–Crippen LogP) is 3.48. The monoisotopic (exact) mass is 245 g/mol. The Morgan fingerprint density at radius 3 is 2.92 bits per heavy atom. The fraction of sp³-hybridized carbons (Fsp3) is 0.333. The Morgan fingerprint density at radius 1 is 1.67 bits per heavy atom. The van der Waals surface area contributed by atoms with Crippen LogP contribution in [0, 0.1) is 0 Å². The van der Waals surface area contributed by atoms with Crippen molar-refractivity contribution in [3.8, 4) is 0 Å². The van der Waals surface area contributed by atoms with Gasteiger partial charge in [-0.1, -0.05) is 6.08 Å². The third-order valence-corrected chi connectivity index (χ3v) is 3.40. The summed E-state index contributed by atoms with van der Waals surface area (Å²) < 4.78 is 1.14. The molecule has 1 nitrogen and oxygen atoms in total. The van der Waals surface area contributed by atoms with Gasteiger partial charge in [0, 0.05) is 10.9 Å². The quantitative estimate of drug-likeness (QED) is 0.809. The van der Waals surface area contributed by atoms with Gasteiger partial charge in [0.2, 0.25) is 0 Å². The second kappa shape index (κ2) is 4.80. The SMILES string of the molecule is C=CCCC(N)c1ccc(Br)s1. The summed E-state index contributed by atoms with van der Waals surface area (Å²) in [6.45, 7) is 3.67. The lowest BCUT2D eigenvalue weighted by Crippen LogP contribution is -2.07. The van der Waals surface area contributed by atoms with Gasteiger partial charge in [-0.15, -0.1) is 17.9 Å². The number of halogens is 1. The predicted molar refractivity (Wildman–Crippen MR) is 58.4 cm³/mol. The minimum absolute atomic E-state index is 0.166. The minimum Gasteiger partial charge on any atom is -0.323 e. The molecular formula is C9H12BrNS. The summed E-state index contributed by atoms with van der Waals surface area (Å²) in [6, 6.07) is 4.27. The summed E-state index contributed by atoms with van der Waals surface area (Å²) in [5.41, 5.74) is 5.94. The maximum atomic E-state index is 5.94. The molecule has 0 spiro atoms. The van der Waals surface area contributed by atoms with Crippen LogP contribution in [0.3, 0.4) is 0 Å². The molecule has 0 aromatic carbocycles. The molecule has 12 heavy (non-hydrogen) atoms. The van der Waals surface area contributed by atoms with Crippen molar-refractivity contribution in [1.29, 1.82) is 0 Å². The Morgan fingerprint density at radius 2 is 2.42 bits per heavy atom. The van der Waals surface area contributed by atoms with Crippen LogP contribution >= 0.6 is 27.3 Å². The molecule has 2 N–H and O–H groups in total. The van der Waals surface area contributed by atoms with E-state index in [1.165, 1.54) is 4.88 Å². The van der Waals surface area contributed by atoms with Gasteiger partial charge in [0.05, 0.1) is 3.79 Å². The molecule has 0 saturated heterocycles. The average Bonchev–Trinajstić information content (AvgIpc) is 2.47. The van der Waals surface area contributed by atoms with E-state index in [0.717, 1.165) is 16.6 Å². The van der Waals surface area contributed by atoms with Crippen molar-refractivity contribution in [3.05, 3.63) is 33.5 Å². The summed E-state index contributed by atoms with van der Waals surface area (Å²) in [5, 5.41) is 0. The summed E-state index contributed by atoms with van der Waals surface area (Å²) in [7, 11) is 0. The van der Waals surface area contributed by atoms with Crippen molar-refractivity contribution in [1.82, 2.24) is 0 Å². The van der Waals surface area contributed by atoms with E-state index in [0.29, 0.717) is 0 Å². The Balaban J connectivity index is 2.52. The van der Waals surface area contributed by atoms with Crippen LogP contribution in [0.1, 0.15) is 23.8 Å². The fourth-order valence-electron chi connectivity index (χ4n) is 0.967. The molecule has 1 heterocycles. The minimum atomic E-state index is 0.166. The lowest BCUT2D eigenvalue weighted by atomic mass is 10.1. The van der Waals surface area contributed by atoms with Gasteiger partial charge < -0.3 is 5.73 Å². The average molecular weight is 246 g/mol. The van der Waals surface area contributed by atoms with Crippen molar-refractivity contribution in [3.63, 3.8) is 0 Å². The maximum Gasteiger partial charge on any atom is 0.0701 e. The molecule has 1 unspecified atom stereocenters. The second-order valence-electron chi connectivity index (χ2n) is 2.61. The molecule has 66 valence electrons. The van der Waals surface area contributed by atoms with Gasteiger partial charge >= 0.3 is 0 Å². The number of rotatable bonds is 4. The van der Waals surface area contributed by atoms with Crippen molar-refractivity contribution in [2.75, 3.05) is 0 Å². The van der Waals surface area contributed by atoms with Crippen molar-refractivity contribution in [2.45, 2.75) is 18.9 Å². The van der Waals surface area contributed by atoms with Crippen LogP contribution in [0.15, 0.2) is 28.6 Å². The Bertz CT molecular complexity index is 257. The largest absolute Gasteiger partial charge is 0.323 e. The van der Waals surface area contributed by atoms with Crippen LogP contribution in [0.4, 0.5) is 0 Å². The normalized spacial score (nSPS) is 12.8. The summed E-state index contributed by atoms with van der Waals surface area (Å²) in [5.74, 6) is 0. The van der Waals surface area contributed by atoms with Crippen molar-refractivity contribution in [2.24, 2.45) is 5.73 Å². The first kappa shape index (κ1) is 9.96. The van der Waals surface area contributed by atoms with E-state index in [2.05, 4.69) is 28.6 Å². The molecule has 0 bridgehead atoms. The molecule has 0 radical (unpaired) electrons. The van der Waals surface area contributed by atoms with Gasteiger partial charge in [0.15, 0.2) is 0 Å². The molecule has 0 aliphatic heterocycles. The molecule has 1 aromatic heterocycles. The lowest BCUT2D eigenvalue weighted by molar-refractivity contribution is 0.673. The van der Waals surface area contributed by atoms with E-state index in [1.807, 2.05) is 12.1 Å². The van der Waals surface area contributed by atoms with E-state index in [1.54, 1.807) is 11.3 Å². The second-order valence-corrected chi connectivity index (χ2v) is 5.11. The van der Waals surface area contributed by atoms with Gasteiger partial charge in [-0.2, -0.15) is 0 Å². The molecule has 1 rings (SSSR count). The standard InChI is InChI=1S/C9H12BrNS/c1-2-3-4-7(11)8-5-6-9(10)12-8/h2,5-7H,1,3-4,11H2. The summed E-state index contributed by atoms with van der Waals surface area (Å²) in [6.07, 6.45) is 3.87. The fourth-order valence-corrected chi connectivity index (χ4v) is 2.43. The van der Waals surface area contributed by atoms with Crippen LogP contribution in [0.5, 0.6) is 0 Å². The third kappa shape index (κ3) is 2.73. The molecule has 0 aliphatic rings. The van der Waals surface area contributed by atoms with Gasteiger partial charge in [0.25, 0.3) is 0 Å². The summed E-state index contributed by atoms with van der Waals surface area (Å²) in [4.78, 5) is 1.24. The first-order chi connectivity index (χ1) is 5.74. The van der Waals surface area contributed by atoms with E-state index in [9.17, 15) is 0 Å². The first-order valence-corrected chi connectivity index (χ1v) is 5.46. The Kier molecular flexibility index (Phi) is 3.98. The number of thiophene rings is 1. The highest BCUT2D eigenvalue weighted by molar-refractivity contribution is 9.11. The maximum absolute atomic E-state index is 5.94. The van der Waals surface area contributed by atoms with Crippen LogP contribution in [0.25, 0.3) is 0 Å². The molecule has 3 heteroatoms. The van der Waals surface area contributed by atoms with Crippen LogP contribution in [-0.2, 0) is 0 Å².